The monoisotopic (exact) mass is 419 g/mol. The number of sulfone groups is 1. The fourth-order valence-corrected chi connectivity index (χ4v) is 2.48. The number of aliphatic hydroxyl groups excluding tert-OH is 1. The SMILES string of the molecule is CC(C)C(CO)Nc1nc(Nc2nnc(S(C)(=O)=O)[nH]2)ncc1Br. The predicted octanol–water partition coefficient (Wildman–Crippen LogP) is 0.933. The zero-order valence-electron chi connectivity index (χ0n) is 13.3. The first-order valence-electron chi connectivity index (χ1n) is 7.00. The zero-order valence-corrected chi connectivity index (χ0v) is 15.7. The average Bonchev–Trinajstić information content (AvgIpc) is 2.96. The minimum atomic E-state index is -3.48. The fourth-order valence-electron chi connectivity index (χ4n) is 1.70. The van der Waals surface area contributed by atoms with Crippen LogP contribution in [0.5, 0.6) is 0 Å². The van der Waals surface area contributed by atoms with Gasteiger partial charge in [-0.2, -0.15) is 4.98 Å². The van der Waals surface area contributed by atoms with Crippen LogP contribution in [-0.2, 0) is 9.84 Å². The van der Waals surface area contributed by atoms with Crippen LogP contribution in [0, 0.1) is 5.92 Å². The Hall–Kier alpha value is -1.79. The van der Waals surface area contributed by atoms with E-state index in [0.717, 1.165) is 6.26 Å². The smallest absolute Gasteiger partial charge is 0.248 e. The number of H-pyrrole nitrogens is 1. The third-order valence-electron chi connectivity index (χ3n) is 3.12. The number of hydrogen-bond acceptors (Lipinski definition) is 9. The van der Waals surface area contributed by atoms with E-state index in [-0.39, 0.29) is 35.6 Å². The molecule has 0 spiro atoms. The van der Waals surface area contributed by atoms with Crippen molar-refractivity contribution in [1.82, 2.24) is 25.1 Å². The van der Waals surface area contributed by atoms with Crippen LogP contribution in [0.1, 0.15) is 13.8 Å². The van der Waals surface area contributed by atoms with Crippen molar-refractivity contribution in [2.24, 2.45) is 5.92 Å². The summed E-state index contributed by atoms with van der Waals surface area (Å²) in [6.45, 7) is 3.91. The van der Waals surface area contributed by atoms with Gasteiger partial charge in [0.2, 0.25) is 26.9 Å². The number of anilines is 3. The Bertz CT molecular complexity index is 809. The van der Waals surface area contributed by atoms with Crippen molar-refractivity contribution in [3.05, 3.63) is 10.7 Å². The molecule has 10 nitrogen and oxygen atoms in total. The van der Waals surface area contributed by atoms with Crippen molar-refractivity contribution in [2.45, 2.75) is 25.0 Å². The molecule has 2 aromatic heterocycles. The molecular formula is C12H18BrN7O3S. The summed E-state index contributed by atoms with van der Waals surface area (Å²) in [5, 5.41) is 22.3. The van der Waals surface area contributed by atoms with Crippen LogP contribution in [0.3, 0.4) is 0 Å². The zero-order chi connectivity index (χ0) is 17.9. The molecule has 1 atom stereocenters. The summed E-state index contributed by atoms with van der Waals surface area (Å²) in [6, 6.07) is -0.175. The van der Waals surface area contributed by atoms with Crippen molar-refractivity contribution < 1.29 is 13.5 Å². The average molecular weight is 420 g/mol. The Balaban J connectivity index is 2.20. The van der Waals surface area contributed by atoms with Gasteiger partial charge in [0.1, 0.15) is 5.82 Å². The largest absolute Gasteiger partial charge is 0.394 e. The van der Waals surface area contributed by atoms with Crippen LogP contribution in [0.25, 0.3) is 0 Å². The van der Waals surface area contributed by atoms with Gasteiger partial charge in [-0.15, -0.1) is 10.2 Å². The van der Waals surface area contributed by atoms with Crippen LogP contribution < -0.4 is 10.6 Å². The molecule has 0 aliphatic carbocycles. The molecule has 2 heterocycles. The van der Waals surface area contributed by atoms with Crippen LogP contribution in [0.4, 0.5) is 17.7 Å². The first-order chi connectivity index (χ1) is 11.2. The lowest BCUT2D eigenvalue weighted by molar-refractivity contribution is 0.249. The van der Waals surface area contributed by atoms with Crippen LogP contribution in [0.2, 0.25) is 0 Å². The molecule has 0 radical (unpaired) electrons. The quantitative estimate of drug-likeness (QED) is 0.514. The molecule has 0 saturated heterocycles. The topological polar surface area (TPSA) is 146 Å². The number of nitrogens with one attached hydrogen (secondary N) is 3. The van der Waals surface area contributed by atoms with Crippen LogP contribution >= 0.6 is 15.9 Å². The van der Waals surface area contributed by atoms with Gasteiger partial charge >= 0.3 is 0 Å². The lowest BCUT2D eigenvalue weighted by atomic mass is 10.1. The Morgan fingerprint density at radius 3 is 2.62 bits per heavy atom. The number of aromatic amines is 1. The molecule has 0 aliphatic rings. The minimum absolute atomic E-state index is 0.0449. The molecule has 0 bridgehead atoms. The molecule has 0 amide bonds. The molecular weight excluding hydrogens is 402 g/mol. The maximum Gasteiger partial charge on any atom is 0.248 e. The van der Waals surface area contributed by atoms with Gasteiger partial charge < -0.3 is 10.4 Å². The molecule has 0 fully saturated rings. The van der Waals surface area contributed by atoms with Crippen molar-refractivity contribution >= 4 is 43.5 Å². The van der Waals surface area contributed by atoms with Gasteiger partial charge in [0, 0.05) is 12.5 Å². The lowest BCUT2D eigenvalue weighted by Gasteiger charge is -2.21. The van der Waals surface area contributed by atoms with Crippen molar-refractivity contribution in [3.8, 4) is 0 Å². The predicted molar refractivity (Wildman–Crippen MR) is 91.8 cm³/mol. The summed E-state index contributed by atoms with van der Waals surface area (Å²) in [6.07, 6.45) is 2.55. The normalized spacial score (nSPS) is 13.1. The molecule has 2 aromatic rings. The molecule has 2 rings (SSSR count). The van der Waals surface area contributed by atoms with E-state index < -0.39 is 9.84 Å². The van der Waals surface area contributed by atoms with E-state index in [0.29, 0.717) is 10.3 Å². The van der Waals surface area contributed by atoms with E-state index in [2.05, 4.69) is 51.7 Å². The number of halogens is 1. The fraction of sp³-hybridized carbons (Fsp3) is 0.500. The highest BCUT2D eigenvalue weighted by atomic mass is 79.9. The van der Waals surface area contributed by atoms with Crippen molar-refractivity contribution in [3.63, 3.8) is 0 Å². The third-order valence-corrected chi connectivity index (χ3v) is 4.58. The maximum absolute atomic E-state index is 11.4. The molecule has 12 heteroatoms. The summed E-state index contributed by atoms with van der Waals surface area (Å²) in [7, 11) is -3.48. The van der Waals surface area contributed by atoms with Crippen molar-refractivity contribution in [2.75, 3.05) is 23.5 Å². The molecule has 0 saturated carbocycles. The summed E-state index contributed by atoms with van der Waals surface area (Å²) < 4.78 is 23.4. The highest BCUT2D eigenvalue weighted by Crippen LogP contribution is 2.23. The number of rotatable bonds is 7. The van der Waals surface area contributed by atoms with E-state index in [1.807, 2.05) is 13.8 Å². The van der Waals surface area contributed by atoms with E-state index in [4.69, 9.17) is 0 Å². The van der Waals surface area contributed by atoms with Gasteiger partial charge in [-0.1, -0.05) is 13.8 Å². The van der Waals surface area contributed by atoms with E-state index in [1.54, 1.807) is 0 Å². The molecule has 132 valence electrons. The highest BCUT2D eigenvalue weighted by molar-refractivity contribution is 9.10. The third kappa shape index (κ3) is 4.61. The maximum atomic E-state index is 11.4. The van der Waals surface area contributed by atoms with Gasteiger partial charge in [-0.3, -0.25) is 10.3 Å². The van der Waals surface area contributed by atoms with Gasteiger partial charge in [0.15, 0.2) is 0 Å². The number of hydrogen-bond donors (Lipinski definition) is 4. The Kier molecular flexibility index (Phi) is 5.72. The van der Waals surface area contributed by atoms with Gasteiger partial charge in [0.25, 0.3) is 0 Å². The number of aromatic nitrogens is 5. The second-order valence-electron chi connectivity index (χ2n) is 5.44. The Labute approximate surface area is 147 Å². The van der Waals surface area contributed by atoms with Crippen molar-refractivity contribution in [1.29, 1.82) is 0 Å². The minimum Gasteiger partial charge on any atom is -0.394 e. The van der Waals surface area contributed by atoms with E-state index in [1.165, 1.54) is 6.20 Å². The van der Waals surface area contributed by atoms with Crippen LogP contribution in [0.15, 0.2) is 15.8 Å². The first kappa shape index (κ1) is 18.5. The second-order valence-corrected chi connectivity index (χ2v) is 8.23. The standard InChI is InChI=1S/C12H18BrN7O3S/c1-6(2)8(5-21)15-9-7(13)4-14-10(16-9)17-11-18-12(20-19-11)24(3,22)23/h4,6,8,21H,5H2,1-3H3,(H3,14,15,16,17,18,19,20). The summed E-state index contributed by atoms with van der Waals surface area (Å²) in [5.74, 6) is 0.978. The molecule has 24 heavy (non-hydrogen) atoms. The molecule has 1 unspecified atom stereocenters. The summed E-state index contributed by atoms with van der Waals surface area (Å²) in [4.78, 5) is 10.9. The molecule has 0 aromatic carbocycles. The van der Waals surface area contributed by atoms with Gasteiger partial charge in [-0.25, -0.2) is 13.4 Å². The summed E-state index contributed by atoms with van der Waals surface area (Å²) >= 11 is 3.34. The lowest BCUT2D eigenvalue weighted by Crippen LogP contribution is -2.30. The van der Waals surface area contributed by atoms with Gasteiger partial charge in [-0.05, 0) is 21.8 Å². The summed E-state index contributed by atoms with van der Waals surface area (Å²) in [5.41, 5.74) is 0. The Morgan fingerprint density at radius 2 is 2.08 bits per heavy atom. The molecule has 4 N–H and O–H groups in total. The van der Waals surface area contributed by atoms with Gasteiger partial charge in [0.05, 0.1) is 17.1 Å². The van der Waals surface area contributed by atoms with E-state index in [9.17, 15) is 13.5 Å². The number of nitrogens with zero attached hydrogens (tertiary/aromatic N) is 4. The van der Waals surface area contributed by atoms with Crippen LogP contribution in [-0.4, -0.2) is 57.6 Å². The number of aliphatic hydroxyl groups is 1. The van der Waals surface area contributed by atoms with E-state index >= 15 is 0 Å². The Morgan fingerprint density at radius 1 is 1.38 bits per heavy atom. The second kappa shape index (κ2) is 7.40. The highest BCUT2D eigenvalue weighted by Gasteiger charge is 2.16. The molecule has 0 aliphatic heterocycles. The first-order valence-corrected chi connectivity index (χ1v) is 9.69.